The highest BCUT2D eigenvalue weighted by molar-refractivity contribution is 5.30. The molecule has 1 aliphatic rings. The molecule has 3 heteroatoms. The lowest BCUT2D eigenvalue weighted by atomic mass is 9.82. The van der Waals surface area contributed by atoms with Gasteiger partial charge >= 0.3 is 0 Å². The van der Waals surface area contributed by atoms with Gasteiger partial charge in [0.1, 0.15) is 5.75 Å². The van der Waals surface area contributed by atoms with E-state index in [0.717, 1.165) is 38.3 Å². The Hall–Kier alpha value is -1.06. The first-order valence-electron chi connectivity index (χ1n) is 7.08. The maximum absolute atomic E-state index is 5.44. The van der Waals surface area contributed by atoms with Crippen LogP contribution in [-0.2, 0) is 4.74 Å². The summed E-state index contributed by atoms with van der Waals surface area (Å²) in [5.41, 5.74) is 1.64. The molecule has 0 amide bonds. The Morgan fingerprint density at radius 1 is 1.37 bits per heavy atom. The summed E-state index contributed by atoms with van der Waals surface area (Å²) in [5, 5.41) is 3.65. The number of rotatable bonds is 5. The van der Waals surface area contributed by atoms with Crippen LogP contribution in [-0.4, -0.2) is 26.9 Å². The lowest BCUT2D eigenvalue weighted by Crippen LogP contribution is -2.37. The van der Waals surface area contributed by atoms with E-state index < -0.39 is 0 Å². The molecular formula is C16H25NO2. The Morgan fingerprint density at radius 2 is 2.11 bits per heavy atom. The van der Waals surface area contributed by atoms with Crippen molar-refractivity contribution in [2.24, 2.45) is 5.41 Å². The van der Waals surface area contributed by atoms with Crippen LogP contribution in [0.5, 0.6) is 5.75 Å². The number of ether oxygens (including phenoxy) is 2. The molecule has 0 aliphatic carbocycles. The van der Waals surface area contributed by atoms with Crippen molar-refractivity contribution in [2.75, 3.05) is 26.9 Å². The molecule has 19 heavy (non-hydrogen) atoms. The second-order valence-corrected chi connectivity index (χ2v) is 5.80. The number of hydrogen-bond acceptors (Lipinski definition) is 3. The molecule has 1 saturated heterocycles. The summed E-state index contributed by atoms with van der Waals surface area (Å²) in [6, 6.07) is 8.62. The topological polar surface area (TPSA) is 30.5 Å². The minimum atomic E-state index is 0.342. The zero-order chi connectivity index (χ0) is 13.7. The monoisotopic (exact) mass is 263 g/mol. The van der Waals surface area contributed by atoms with Crippen molar-refractivity contribution in [1.29, 1.82) is 0 Å². The van der Waals surface area contributed by atoms with E-state index in [1.165, 1.54) is 5.56 Å². The predicted octanol–water partition coefficient (Wildman–Crippen LogP) is 3.16. The minimum absolute atomic E-state index is 0.342. The first kappa shape index (κ1) is 14.4. The molecule has 1 fully saturated rings. The SMILES string of the molecule is COc1cccc(C(C)NCC2(C)CCOCC2)c1. The van der Waals surface area contributed by atoms with Crippen molar-refractivity contribution in [3.8, 4) is 5.75 Å². The molecule has 1 N–H and O–H groups in total. The fraction of sp³-hybridized carbons (Fsp3) is 0.625. The van der Waals surface area contributed by atoms with Gasteiger partial charge in [-0.05, 0) is 42.9 Å². The summed E-state index contributed by atoms with van der Waals surface area (Å²) < 4.78 is 10.7. The molecule has 0 radical (unpaired) electrons. The van der Waals surface area contributed by atoms with Crippen LogP contribution in [0.1, 0.15) is 38.3 Å². The first-order chi connectivity index (χ1) is 9.13. The van der Waals surface area contributed by atoms with Crippen LogP contribution >= 0.6 is 0 Å². The lowest BCUT2D eigenvalue weighted by molar-refractivity contribution is 0.0231. The third-order valence-corrected chi connectivity index (χ3v) is 4.13. The van der Waals surface area contributed by atoms with Gasteiger partial charge in [0.05, 0.1) is 7.11 Å². The Kier molecular flexibility index (Phi) is 4.83. The molecular weight excluding hydrogens is 238 g/mol. The normalized spacial score (nSPS) is 19.9. The highest BCUT2D eigenvalue weighted by Crippen LogP contribution is 2.29. The maximum Gasteiger partial charge on any atom is 0.119 e. The third-order valence-electron chi connectivity index (χ3n) is 4.13. The van der Waals surface area contributed by atoms with E-state index in [1.54, 1.807) is 7.11 Å². The van der Waals surface area contributed by atoms with Gasteiger partial charge in [-0.3, -0.25) is 0 Å². The molecule has 106 valence electrons. The molecule has 0 saturated carbocycles. The van der Waals surface area contributed by atoms with Crippen LogP contribution in [0.25, 0.3) is 0 Å². The van der Waals surface area contributed by atoms with Gasteiger partial charge in [0, 0.05) is 25.8 Å². The summed E-state index contributed by atoms with van der Waals surface area (Å²) in [6.45, 7) is 7.38. The molecule has 0 aromatic heterocycles. The van der Waals surface area contributed by atoms with Gasteiger partial charge < -0.3 is 14.8 Å². The largest absolute Gasteiger partial charge is 0.497 e. The Morgan fingerprint density at radius 3 is 2.79 bits per heavy atom. The molecule has 1 unspecified atom stereocenters. The number of hydrogen-bond donors (Lipinski definition) is 1. The molecule has 1 aromatic rings. The average Bonchev–Trinajstić information content (AvgIpc) is 2.46. The zero-order valence-corrected chi connectivity index (χ0v) is 12.2. The highest BCUT2D eigenvalue weighted by Gasteiger charge is 2.27. The Labute approximate surface area is 116 Å². The van der Waals surface area contributed by atoms with Crippen molar-refractivity contribution in [3.05, 3.63) is 29.8 Å². The summed E-state index contributed by atoms with van der Waals surface area (Å²) in [7, 11) is 1.71. The Balaban J connectivity index is 1.91. The summed E-state index contributed by atoms with van der Waals surface area (Å²) in [5.74, 6) is 0.920. The number of nitrogens with one attached hydrogen (secondary N) is 1. The summed E-state index contributed by atoms with van der Waals surface area (Å²) in [4.78, 5) is 0. The summed E-state index contributed by atoms with van der Waals surface area (Å²) in [6.07, 6.45) is 2.29. The molecule has 3 nitrogen and oxygen atoms in total. The van der Waals surface area contributed by atoms with Gasteiger partial charge in [-0.1, -0.05) is 19.1 Å². The second kappa shape index (κ2) is 6.40. The predicted molar refractivity (Wildman–Crippen MR) is 77.6 cm³/mol. The van der Waals surface area contributed by atoms with Gasteiger partial charge in [-0.15, -0.1) is 0 Å². The second-order valence-electron chi connectivity index (χ2n) is 5.80. The molecule has 1 atom stereocenters. The number of benzene rings is 1. The fourth-order valence-electron chi connectivity index (χ4n) is 2.47. The van der Waals surface area contributed by atoms with Crippen LogP contribution < -0.4 is 10.1 Å². The van der Waals surface area contributed by atoms with E-state index in [9.17, 15) is 0 Å². The van der Waals surface area contributed by atoms with Crippen molar-refractivity contribution < 1.29 is 9.47 Å². The van der Waals surface area contributed by atoms with E-state index in [1.807, 2.05) is 12.1 Å². The van der Waals surface area contributed by atoms with Gasteiger partial charge in [0.2, 0.25) is 0 Å². The molecule has 1 aliphatic heterocycles. The zero-order valence-electron chi connectivity index (χ0n) is 12.2. The highest BCUT2D eigenvalue weighted by atomic mass is 16.5. The Bertz CT molecular complexity index is 399. The minimum Gasteiger partial charge on any atom is -0.497 e. The van der Waals surface area contributed by atoms with Gasteiger partial charge in [-0.25, -0.2) is 0 Å². The fourth-order valence-corrected chi connectivity index (χ4v) is 2.47. The smallest absolute Gasteiger partial charge is 0.119 e. The number of methoxy groups -OCH3 is 1. The van der Waals surface area contributed by atoms with Crippen molar-refractivity contribution >= 4 is 0 Å². The van der Waals surface area contributed by atoms with E-state index in [0.29, 0.717) is 11.5 Å². The standard InChI is InChI=1S/C16H25NO2/c1-13(14-5-4-6-15(11-14)18-3)17-12-16(2)7-9-19-10-8-16/h4-6,11,13,17H,7-10,12H2,1-3H3. The van der Waals surface area contributed by atoms with Crippen LogP contribution in [0.2, 0.25) is 0 Å². The van der Waals surface area contributed by atoms with E-state index in [4.69, 9.17) is 9.47 Å². The molecule has 1 aromatic carbocycles. The van der Waals surface area contributed by atoms with Crippen LogP contribution in [0.3, 0.4) is 0 Å². The lowest BCUT2D eigenvalue weighted by Gasteiger charge is -2.34. The van der Waals surface area contributed by atoms with Crippen molar-refractivity contribution in [3.63, 3.8) is 0 Å². The first-order valence-corrected chi connectivity index (χ1v) is 7.08. The van der Waals surface area contributed by atoms with E-state index >= 15 is 0 Å². The molecule has 2 rings (SSSR count). The van der Waals surface area contributed by atoms with E-state index in [-0.39, 0.29) is 0 Å². The van der Waals surface area contributed by atoms with Gasteiger partial charge in [-0.2, -0.15) is 0 Å². The van der Waals surface area contributed by atoms with Crippen LogP contribution in [0.15, 0.2) is 24.3 Å². The van der Waals surface area contributed by atoms with Crippen LogP contribution in [0.4, 0.5) is 0 Å². The van der Waals surface area contributed by atoms with Gasteiger partial charge in [0.25, 0.3) is 0 Å². The average molecular weight is 263 g/mol. The van der Waals surface area contributed by atoms with E-state index in [2.05, 4.69) is 31.3 Å². The van der Waals surface area contributed by atoms with Crippen LogP contribution in [0, 0.1) is 5.41 Å². The quantitative estimate of drug-likeness (QED) is 0.885. The molecule has 0 bridgehead atoms. The van der Waals surface area contributed by atoms with Gasteiger partial charge in [0.15, 0.2) is 0 Å². The molecule has 0 spiro atoms. The molecule has 1 heterocycles. The van der Waals surface area contributed by atoms with Crippen molar-refractivity contribution in [2.45, 2.75) is 32.7 Å². The summed E-state index contributed by atoms with van der Waals surface area (Å²) >= 11 is 0. The maximum atomic E-state index is 5.44. The van der Waals surface area contributed by atoms with Crippen molar-refractivity contribution in [1.82, 2.24) is 5.32 Å². The third kappa shape index (κ3) is 3.95.